The fourth-order valence-corrected chi connectivity index (χ4v) is 1.44. The summed E-state index contributed by atoms with van der Waals surface area (Å²) < 4.78 is 36.2. The summed E-state index contributed by atoms with van der Waals surface area (Å²) in [5.74, 6) is 4.62. The average Bonchev–Trinajstić information content (AvgIpc) is 2.35. The maximum absolute atomic E-state index is 12.1. The van der Waals surface area contributed by atoms with E-state index in [1.807, 2.05) is 0 Å². The van der Waals surface area contributed by atoms with E-state index in [4.69, 9.17) is 17.4 Å². The van der Waals surface area contributed by atoms with Gasteiger partial charge in [0.15, 0.2) is 0 Å². The number of aromatic nitrogens is 1. The van der Waals surface area contributed by atoms with Crippen LogP contribution in [-0.4, -0.2) is 35.6 Å². The molecular weight excluding hydrogens is 285 g/mol. The molecule has 106 valence electrons. The number of nitrogens with two attached hydrogens (primary N) is 1. The lowest BCUT2D eigenvalue weighted by atomic mass is 10.3. The lowest BCUT2D eigenvalue weighted by Crippen LogP contribution is -2.31. The first-order valence-corrected chi connectivity index (χ1v) is 5.58. The van der Waals surface area contributed by atoms with Gasteiger partial charge in [-0.2, -0.15) is 13.2 Å². The molecule has 1 rings (SSSR count). The first-order valence-electron chi connectivity index (χ1n) is 5.20. The first-order chi connectivity index (χ1) is 8.74. The van der Waals surface area contributed by atoms with Gasteiger partial charge in [0.05, 0.1) is 11.4 Å². The highest BCUT2D eigenvalue weighted by Crippen LogP contribution is 2.21. The number of alkyl halides is 3. The second-order valence-electron chi connectivity index (χ2n) is 3.76. The third-order valence-electron chi connectivity index (χ3n) is 2.27. The molecule has 0 bridgehead atoms. The highest BCUT2D eigenvalue weighted by Gasteiger charge is 2.28. The number of carbonyl (C=O) groups is 1. The van der Waals surface area contributed by atoms with Gasteiger partial charge in [0, 0.05) is 13.6 Å². The molecule has 1 aromatic rings. The second kappa shape index (κ2) is 6.07. The Balaban J connectivity index is 2.82. The lowest BCUT2D eigenvalue weighted by molar-refractivity contribution is -0.136. The Bertz CT molecular complexity index is 467. The summed E-state index contributed by atoms with van der Waals surface area (Å²) in [7, 11) is 1.24. The largest absolute Gasteiger partial charge is 0.390 e. The van der Waals surface area contributed by atoms with Gasteiger partial charge in [0.25, 0.3) is 5.91 Å². The molecule has 0 aromatic carbocycles. The first kappa shape index (κ1) is 15.5. The van der Waals surface area contributed by atoms with E-state index in [9.17, 15) is 18.0 Å². The minimum atomic E-state index is -4.33. The van der Waals surface area contributed by atoms with E-state index in [1.165, 1.54) is 19.2 Å². The van der Waals surface area contributed by atoms with Crippen molar-refractivity contribution >= 4 is 23.3 Å². The van der Waals surface area contributed by atoms with Crippen LogP contribution in [0.2, 0.25) is 5.02 Å². The number of pyridine rings is 1. The van der Waals surface area contributed by atoms with Crippen molar-refractivity contribution in [2.24, 2.45) is 5.84 Å². The standard InChI is InChI=1S/C10H12ClF3N4O/c1-18(5-4-10(12,13)14)9(19)8-6(11)2-3-7(16-8)17-15/h2-3H,4-5,15H2,1H3,(H,16,17). The van der Waals surface area contributed by atoms with Gasteiger partial charge in [0.1, 0.15) is 11.5 Å². The van der Waals surface area contributed by atoms with E-state index in [-0.39, 0.29) is 16.5 Å². The Morgan fingerprint density at radius 1 is 1.53 bits per heavy atom. The molecule has 1 amide bonds. The van der Waals surface area contributed by atoms with Crippen LogP contribution >= 0.6 is 11.6 Å². The van der Waals surface area contributed by atoms with Crippen molar-refractivity contribution in [1.29, 1.82) is 0 Å². The minimum Gasteiger partial charge on any atom is -0.340 e. The van der Waals surface area contributed by atoms with E-state index in [0.717, 1.165) is 4.90 Å². The van der Waals surface area contributed by atoms with Crippen molar-refractivity contribution in [3.63, 3.8) is 0 Å². The van der Waals surface area contributed by atoms with Gasteiger partial charge in [-0.25, -0.2) is 10.8 Å². The number of carbonyl (C=O) groups excluding carboxylic acids is 1. The van der Waals surface area contributed by atoms with E-state index < -0.39 is 25.0 Å². The maximum Gasteiger partial charge on any atom is 0.390 e. The molecule has 0 aliphatic rings. The summed E-state index contributed by atoms with van der Waals surface area (Å²) in [4.78, 5) is 16.6. The third-order valence-corrected chi connectivity index (χ3v) is 2.58. The minimum absolute atomic E-state index is 0.0443. The number of halogens is 4. The van der Waals surface area contributed by atoms with Crippen molar-refractivity contribution in [1.82, 2.24) is 9.88 Å². The molecule has 0 unspecified atom stereocenters. The van der Waals surface area contributed by atoms with E-state index >= 15 is 0 Å². The van der Waals surface area contributed by atoms with Crippen LogP contribution in [0.3, 0.4) is 0 Å². The summed E-state index contributed by atoms with van der Waals surface area (Å²) in [6.07, 6.45) is -5.42. The molecule has 0 atom stereocenters. The zero-order valence-corrected chi connectivity index (χ0v) is 10.7. The van der Waals surface area contributed by atoms with Crippen molar-refractivity contribution in [3.8, 4) is 0 Å². The Morgan fingerprint density at radius 2 is 2.16 bits per heavy atom. The van der Waals surface area contributed by atoms with Crippen LogP contribution in [0.4, 0.5) is 19.0 Å². The Labute approximate surface area is 112 Å². The van der Waals surface area contributed by atoms with Crippen LogP contribution in [0.1, 0.15) is 16.9 Å². The monoisotopic (exact) mass is 296 g/mol. The summed E-state index contributed by atoms with van der Waals surface area (Å²) in [6.45, 7) is -0.472. The fraction of sp³-hybridized carbons (Fsp3) is 0.400. The smallest absolute Gasteiger partial charge is 0.340 e. The Kier molecular flexibility index (Phi) is 4.96. The van der Waals surface area contributed by atoms with Crippen molar-refractivity contribution in [2.45, 2.75) is 12.6 Å². The van der Waals surface area contributed by atoms with Gasteiger partial charge in [-0.3, -0.25) is 4.79 Å². The van der Waals surface area contributed by atoms with Crippen molar-refractivity contribution < 1.29 is 18.0 Å². The molecule has 1 heterocycles. The molecule has 0 fully saturated rings. The summed E-state index contributed by atoms with van der Waals surface area (Å²) in [5.41, 5.74) is 2.07. The molecule has 0 radical (unpaired) electrons. The topological polar surface area (TPSA) is 71.2 Å². The van der Waals surface area contributed by atoms with Gasteiger partial charge in [-0.05, 0) is 12.1 Å². The number of rotatable bonds is 4. The zero-order chi connectivity index (χ0) is 14.6. The quantitative estimate of drug-likeness (QED) is 0.659. The fourth-order valence-electron chi connectivity index (χ4n) is 1.25. The molecule has 0 spiro atoms. The molecule has 9 heteroatoms. The molecular formula is C10H12ClF3N4O. The Hall–Kier alpha value is -1.54. The number of hydrogen-bond acceptors (Lipinski definition) is 4. The number of hydrazine groups is 1. The lowest BCUT2D eigenvalue weighted by Gasteiger charge is -2.18. The van der Waals surface area contributed by atoms with Crippen LogP contribution in [0.25, 0.3) is 0 Å². The number of anilines is 1. The highest BCUT2D eigenvalue weighted by molar-refractivity contribution is 6.33. The van der Waals surface area contributed by atoms with Crippen LogP contribution in [0.5, 0.6) is 0 Å². The Morgan fingerprint density at radius 3 is 2.68 bits per heavy atom. The number of nitrogens with zero attached hydrogens (tertiary/aromatic N) is 2. The molecule has 1 aromatic heterocycles. The number of nitrogen functional groups attached to an aromatic ring is 1. The molecule has 0 aliphatic heterocycles. The van der Waals surface area contributed by atoms with E-state index in [2.05, 4.69) is 10.4 Å². The SMILES string of the molecule is CN(CCC(F)(F)F)C(=O)c1nc(NN)ccc1Cl. The zero-order valence-electron chi connectivity index (χ0n) is 9.96. The van der Waals surface area contributed by atoms with Crippen LogP contribution in [0.15, 0.2) is 12.1 Å². The second-order valence-corrected chi connectivity index (χ2v) is 4.17. The van der Waals surface area contributed by atoms with E-state index in [0.29, 0.717) is 0 Å². The van der Waals surface area contributed by atoms with Gasteiger partial charge < -0.3 is 10.3 Å². The number of nitrogens with one attached hydrogen (secondary N) is 1. The van der Waals surface area contributed by atoms with Gasteiger partial charge >= 0.3 is 6.18 Å². The average molecular weight is 297 g/mol. The predicted octanol–water partition coefficient (Wildman–Crippen LogP) is 2.04. The molecule has 0 saturated carbocycles. The molecule has 19 heavy (non-hydrogen) atoms. The highest BCUT2D eigenvalue weighted by atomic mass is 35.5. The summed E-state index contributed by atoms with van der Waals surface area (Å²) in [5, 5.41) is 0.0443. The molecule has 5 nitrogen and oxygen atoms in total. The predicted molar refractivity (Wildman–Crippen MR) is 64.7 cm³/mol. The number of amides is 1. The van der Waals surface area contributed by atoms with Gasteiger partial charge in [0.2, 0.25) is 0 Å². The van der Waals surface area contributed by atoms with Crippen LogP contribution in [-0.2, 0) is 0 Å². The molecule has 0 saturated heterocycles. The van der Waals surface area contributed by atoms with Crippen molar-refractivity contribution in [2.75, 3.05) is 19.0 Å². The summed E-state index contributed by atoms with van der Waals surface area (Å²) >= 11 is 5.78. The molecule has 3 N–H and O–H groups in total. The molecule has 0 aliphatic carbocycles. The number of hydrogen-bond donors (Lipinski definition) is 2. The maximum atomic E-state index is 12.1. The van der Waals surface area contributed by atoms with Crippen LogP contribution in [0, 0.1) is 0 Å². The van der Waals surface area contributed by atoms with E-state index in [1.54, 1.807) is 0 Å². The van der Waals surface area contributed by atoms with Gasteiger partial charge in [-0.15, -0.1) is 0 Å². The third kappa shape index (κ3) is 4.56. The van der Waals surface area contributed by atoms with Crippen molar-refractivity contribution in [3.05, 3.63) is 22.8 Å². The normalized spacial score (nSPS) is 11.3. The van der Waals surface area contributed by atoms with Gasteiger partial charge in [-0.1, -0.05) is 11.6 Å². The summed E-state index contributed by atoms with van der Waals surface area (Å²) in [6, 6.07) is 2.82. The van der Waals surface area contributed by atoms with Crippen LogP contribution < -0.4 is 11.3 Å².